The van der Waals surface area contributed by atoms with Gasteiger partial charge in [-0.3, -0.25) is 0 Å². The number of halogens is 3. The van der Waals surface area contributed by atoms with Crippen LogP contribution in [0.2, 0.25) is 0 Å². The molecule has 1 aromatic heterocycles. The number of rotatable bonds is 6. The van der Waals surface area contributed by atoms with Crippen LogP contribution in [-0.2, 0) is 12.4 Å². The van der Waals surface area contributed by atoms with Crippen LogP contribution in [0.4, 0.5) is 4.39 Å². The number of hydrogen-bond donors (Lipinski definition) is 0. The van der Waals surface area contributed by atoms with Gasteiger partial charge in [-0.25, -0.2) is 9.37 Å². The molecule has 2 nitrogen and oxygen atoms in total. The van der Waals surface area contributed by atoms with E-state index in [0.717, 1.165) is 29.8 Å². The van der Waals surface area contributed by atoms with Gasteiger partial charge in [-0.15, -0.1) is 11.6 Å². The second-order valence-electron chi connectivity index (χ2n) is 4.63. The van der Waals surface area contributed by atoms with Crippen molar-refractivity contribution in [3.05, 3.63) is 27.3 Å². The Labute approximate surface area is 131 Å². The van der Waals surface area contributed by atoms with Gasteiger partial charge in [0, 0.05) is 12.6 Å². The van der Waals surface area contributed by atoms with E-state index in [9.17, 15) is 4.39 Å². The fourth-order valence-corrected chi connectivity index (χ4v) is 2.87. The minimum atomic E-state index is -0.191. The van der Waals surface area contributed by atoms with Crippen molar-refractivity contribution in [1.29, 1.82) is 0 Å². The monoisotopic (exact) mass is 394 g/mol. The van der Waals surface area contributed by atoms with E-state index in [4.69, 9.17) is 11.6 Å². The van der Waals surface area contributed by atoms with Gasteiger partial charge in [0.15, 0.2) is 0 Å². The van der Waals surface area contributed by atoms with Gasteiger partial charge in [0.05, 0.1) is 20.5 Å². The van der Waals surface area contributed by atoms with Crippen LogP contribution in [0.15, 0.2) is 12.1 Å². The predicted octanol–water partition coefficient (Wildman–Crippen LogP) is 5.10. The van der Waals surface area contributed by atoms with Crippen molar-refractivity contribution in [3.63, 3.8) is 0 Å². The van der Waals surface area contributed by atoms with Crippen molar-refractivity contribution in [2.75, 3.05) is 0 Å². The smallest absolute Gasteiger partial charge is 0.138 e. The third kappa shape index (κ3) is 3.40. The minimum Gasteiger partial charge on any atom is -0.327 e. The van der Waals surface area contributed by atoms with Crippen molar-refractivity contribution in [1.82, 2.24) is 9.55 Å². The lowest BCUT2D eigenvalue weighted by Crippen LogP contribution is -2.02. The largest absolute Gasteiger partial charge is 0.327 e. The number of fused-ring (bicyclic) bond motifs is 1. The van der Waals surface area contributed by atoms with Gasteiger partial charge < -0.3 is 4.57 Å². The lowest BCUT2D eigenvalue weighted by atomic mass is 10.2. The van der Waals surface area contributed by atoms with Crippen LogP contribution in [0.3, 0.4) is 0 Å². The van der Waals surface area contributed by atoms with Crippen molar-refractivity contribution < 1.29 is 4.39 Å². The molecule has 0 unspecified atom stereocenters. The first kappa shape index (κ1) is 15.0. The highest BCUT2D eigenvalue weighted by molar-refractivity contribution is 14.1. The molecular formula is C14H17ClFIN2. The molecule has 1 aromatic carbocycles. The van der Waals surface area contributed by atoms with E-state index < -0.39 is 0 Å². The van der Waals surface area contributed by atoms with Gasteiger partial charge in [-0.05, 0) is 35.1 Å². The predicted molar refractivity (Wildman–Crippen MR) is 86.1 cm³/mol. The number of alkyl halides is 1. The molecule has 0 atom stereocenters. The maximum atomic E-state index is 13.7. The first-order valence-electron chi connectivity index (χ1n) is 6.57. The first-order valence-corrected chi connectivity index (χ1v) is 8.18. The Hall–Kier alpha value is -0.360. The molecule has 0 aliphatic carbocycles. The molecular weight excluding hydrogens is 378 g/mol. The Morgan fingerprint density at radius 1 is 1.32 bits per heavy atom. The summed E-state index contributed by atoms with van der Waals surface area (Å²) in [4.78, 5) is 4.49. The molecule has 0 fully saturated rings. The molecule has 2 rings (SSSR count). The molecule has 0 amide bonds. The number of nitrogens with zero attached hydrogens (tertiary/aromatic N) is 2. The molecule has 0 aliphatic heterocycles. The van der Waals surface area contributed by atoms with Crippen LogP contribution >= 0.6 is 34.2 Å². The molecule has 0 spiro atoms. The standard InChI is InChI=1S/C14H17ClFIN2/c1-2-3-4-5-6-19-13-7-10(16)11(17)8-12(13)18-14(19)9-15/h7-8H,2-6,9H2,1H3. The highest BCUT2D eigenvalue weighted by Gasteiger charge is 2.12. The molecule has 0 aliphatic rings. The Bertz CT molecular complexity index is 568. The third-order valence-electron chi connectivity index (χ3n) is 3.22. The topological polar surface area (TPSA) is 17.8 Å². The van der Waals surface area contributed by atoms with E-state index >= 15 is 0 Å². The SMILES string of the molecule is CCCCCCn1c(CCl)nc2cc(I)c(F)cc21. The maximum absolute atomic E-state index is 13.7. The van der Waals surface area contributed by atoms with Gasteiger partial charge in [0.2, 0.25) is 0 Å². The number of aryl methyl sites for hydroxylation is 1. The Balaban J connectivity index is 2.31. The second kappa shape index (κ2) is 6.88. The summed E-state index contributed by atoms with van der Waals surface area (Å²) >= 11 is 7.93. The fourth-order valence-electron chi connectivity index (χ4n) is 2.22. The highest BCUT2D eigenvalue weighted by atomic mass is 127. The van der Waals surface area contributed by atoms with Crippen LogP contribution in [0, 0.1) is 9.39 Å². The third-order valence-corrected chi connectivity index (χ3v) is 4.29. The van der Waals surface area contributed by atoms with Crippen LogP contribution < -0.4 is 0 Å². The molecule has 0 bridgehead atoms. The summed E-state index contributed by atoms with van der Waals surface area (Å²) in [6, 6.07) is 3.35. The lowest BCUT2D eigenvalue weighted by Gasteiger charge is -2.07. The van der Waals surface area contributed by atoms with Gasteiger partial charge in [-0.2, -0.15) is 0 Å². The summed E-state index contributed by atoms with van der Waals surface area (Å²) in [6.07, 6.45) is 4.70. The Morgan fingerprint density at radius 2 is 2.11 bits per heavy atom. The minimum absolute atomic E-state index is 0.191. The van der Waals surface area contributed by atoms with Crippen molar-refractivity contribution in [2.45, 2.75) is 45.0 Å². The maximum Gasteiger partial charge on any atom is 0.138 e. The normalized spacial score (nSPS) is 11.4. The van der Waals surface area contributed by atoms with Gasteiger partial charge in [-0.1, -0.05) is 26.2 Å². The second-order valence-corrected chi connectivity index (χ2v) is 6.06. The van der Waals surface area contributed by atoms with Crippen LogP contribution in [0.25, 0.3) is 11.0 Å². The number of benzene rings is 1. The van der Waals surface area contributed by atoms with Crippen molar-refractivity contribution >= 4 is 45.2 Å². The molecule has 0 N–H and O–H groups in total. The summed E-state index contributed by atoms with van der Waals surface area (Å²) in [5, 5.41) is 0. The van der Waals surface area contributed by atoms with Gasteiger partial charge in [0.25, 0.3) is 0 Å². The summed E-state index contributed by atoms with van der Waals surface area (Å²) < 4.78 is 16.4. The Morgan fingerprint density at radius 3 is 2.79 bits per heavy atom. The van der Waals surface area contributed by atoms with E-state index in [1.54, 1.807) is 12.1 Å². The first-order chi connectivity index (χ1) is 9.17. The fraction of sp³-hybridized carbons (Fsp3) is 0.500. The van der Waals surface area contributed by atoms with Gasteiger partial charge >= 0.3 is 0 Å². The van der Waals surface area contributed by atoms with E-state index in [1.807, 2.05) is 22.6 Å². The molecule has 5 heteroatoms. The highest BCUT2D eigenvalue weighted by Crippen LogP contribution is 2.23. The number of hydrogen-bond acceptors (Lipinski definition) is 1. The number of aromatic nitrogens is 2. The van der Waals surface area contributed by atoms with Crippen molar-refractivity contribution in [2.24, 2.45) is 0 Å². The molecule has 19 heavy (non-hydrogen) atoms. The molecule has 0 radical (unpaired) electrons. The van der Waals surface area contributed by atoms with E-state index in [0.29, 0.717) is 9.45 Å². The molecule has 0 saturated heterocycles. The number of imidazole rings is 1. The summed E-state index contributed by atoms with van der Waals surface area (Å²) in [5.41, 5.74) is 1.68. The lowest BCUT2D eigenvalue weighted by molar-refractivity contribution is 0.579. The molecule has 104 valence electrons. The number of unbranched alkanes of at least 4 members (excludes halogenated alkanes) is 3. The zero-order chi connectivity index (χ0) is 13.8. The quantitative estimate of drug-likeness (QED) is 0.379. The zero-order valence-electron chi connectivity index (χ0n) is 10.9. The summed E-state index contributed by atoms with van der Waals surface area (Å²) in [5.74, 6) is 0.999. The molecule has 0 saturated carbocycles. The Kier molecular flexibility index (Phi) is 5.45. The molecule has 1 heterocycles. The molecule has 2 aromatic rings. The summed E-state index contributed by atoms with van der Waals surface area (Å²) in [6.45, 7) is 3.05. The van der Waals surface area contributed by atoms with Crippen LogP contribution in [-0.4, -0.2) is 9.55 Å². The van der Waals surface area contributed by atoms with E-state index in [1.165, 1.54) is 19.3 Å². The zero-order valence-corrected chi connectivity index (χ0v) is 13.8. The average Bonchev–Trinajstić information content (AvgIpc) is 2.73. The van der Waals surface area contributed by atoms with E-state index in [2.05, 4.69) is 16.5 Å². The average molecular weight is 395 g/mol. The van der Waals surface area contributed by atoms with Crippen LogP contribution in [0.1, 0.15) is 38.4 Å². The van der Waals surface area contributed by atoms with Crippen LogP contribution in [0.5, 0.6) is 0 Å². The summed E-state index contributed by atoms with van der Waals surface area (Å²) in [7, 11) is 0. The van der Waals surface area contributed by atoms with Crippen molar-refractivity contribution in [3.8, 4) is 0 Å². The van der Waals surface area contributed by atoms with E-state index in [-0.39, 0.29) is 5.82 Å². The van der Waals surface area contributed by atoms with Gasteiger partial charge in [0.1, 0.15) is 11.6 Å².